The molecular weight excluding hydrogens is 460 g/mol. The minimum absolute atomic E-state index is 0.0198. The number of hydrogen-bond acceptors (Lipinski definition) is 5. The van der Waals surface area contributed by atoms with Crippen molar-refractivity contribution in [2.45, 2.75) is 56.8 Å². The first-order chi connectivity index (χ1) is 15.3. The van der Waals surface area contributed by atoms with Crippen molar-refractivity contribution >= 4 is 29.4 Å². The van der Waals surface area contributed by atoms with E-state index in [0.717, 1.165) is 38.1 Å². The number of halogens is 4. The highest BCUT2D eigenvalue weighted by Gasteiger charge is 2.47. The fraction of sp³-hybridized carbons (Fsp3) is 0.409. The summed E-state index contributed by atoms with van der Waals surface area (Å²) in [6, 6.07) is 7.70. The van der Waals surface area contributed by atoms with E-state index in [1.807, 2.05) is 13.8 Å². The first-order valence-electron chi connectivity index (χ1n) is 10.1. The van der Waals surface area contributed by atoms with Crippen molar-refractivity contribution < 1.29 is 27.2 Å². The van der Waals surface area contributed by atoms with Crippen LogP contribution in [0.4, 0.5) is 23.2 Å². The first kappa shape index (κ1) is 26.6. The number of hydrogen-bond donors (Lipinski definition) is 3. The Hall–Kier alpha value is -2.66. The van der Waals surface area contributed by atoms with Crippen LogP contribution in [0.3, 0.4) is 0 Å². The minimum Gasteiger partial charge on any atom is -0.339 e. The summed E-state index contributed by atoms with van der Waals surface area (Å²) < 4.78 is 54.3. The Kier molecular flexibility index (Phi) is 8.84. The first-order valence-corrected chi connectivity index (χ1v) is 10.9. The molecule has 0 saturated carbocycles. The van der Waals surface area contributed by atoms with Gasteiger partial charge in [-0.15, -0.1) is 0 Å². The highest BCUT2D eigenvalue weighted by Crippen LogP contribution is 2.32. The predicted octanol–water partition coefficient (Wildman–Crippen LogP) is 4.94. The molecule has 11 heteroatoms. The maximum Gasteiger partial charge on any atom is 0.406 e. The molecule has 33 heavy (non-hydrogen) atoms. The molecule has 2 amide bonds. The van der Waals surface area contributed by atoms with E-state index < -0.39 is 35.4 Å². The fourth-order valence-electron chi connectivity index (χ4n) is 2.53. The summed E-state index contributed by atoms with van der Waals surface area (Å²) in [6.45, 7) is 5.87. The van der Waals surface area contributed by atoms with Gasteiger partial charge in [0, 0.05) is 10.6 Å². The molecule has 0 saturated heterocycles. The second-order valence-electron chi connectivity index (χ2n) is 8.36. The van der Waals surface area contributed by atoms with Gasteiger partial charge in [0.05, 0.1) is 6.20 Å². The quantitative estimate of drug-likeness (QED) is 0.345. The number of pyridine rings is 1. The van der Waals surface area contributed by atoms with Crippen LogP contribution in [0.25, 0.3) is 0 Å². The standard InChI is InChI=1S/C22H26F4N4O2S/c1-13(2)11-18(29-19(31)17-10-5-14(23)12-27-17)20(32)28-15-6-8-16(9-7-15)33-30-21(3,4)22(24,25)26/h5-10,12-13,18,30H,11H2,1-4H3,(H,28,32)(H,29,31). The Labute approximate surface area is 194 Å². The summed E-state index contributed by atoms with van der Waals surface area (Å²) in [7, 11) is 0. The van der Waals surface area contributed by atoms with Crippen LogP contribution in [0.15, 0.2) is 47.5 Å². The number of carbonyl (C=O) groups excluding carboxylic acids is 2. The number of carbonyl (C=O) groups is 2. The Balaban J connectivity index is 2.02. The summed E-state index contributed by atoms with van der Waals surface area (Å²) in [5.41, 5.74) is -1.68. The van der Waals surface area contributed by atoms with Gasteiger partial charge in [-0.3, -0.25) is 9.59 Å². The molecule has 1 unspecified atom stereocenters. The fourth-order valence-corrected chi connectivity index (χ4v) is 3.29. The molecule has 0 bridgehead atoms. The molecule has 6 nitrogen and oxygen atoms in total. The zero-order valence-electron chi connectivity index (χ0n) is 18.6. The third kappa shape index (κ3) is 8.01. The van der Waals surface area contributed by atoms with Crippen molar-refractivity contribution in [1.29, 1.82) is 0 Å². The molecule has 0 aliphatic carbocycles. The Morgan fingerprint density at radius 3 is 2.21 bits per heavy atom. The average molecular weight is 487 g/mol. The van der Waals surface area contributed by atoms with Crippen molar-refractivity contribution in [3.63, 3.8) is 0 Å². The number of alkyl halides is 3. The normalized spacial score (nSPS) is 13.0. The molecule has 0 aliphatic heterocycles. The van der Waals surface area contributed by atoms with Crippen molar-refractivity contribution in [3.05, 3.63) is 54.1 Å². The van der Waals surface area contributed by atoms with Crippen LogP contribution < -0.4 is 15.4 Å². The highest BCUT2D eigenvalue weighted by molar-refractivity contribution is 7.97. The lowest BCUT2D eigenvalue weighted by molar-refractivity contribution is -0.179. The summed E-state index contributed by atoms with van der Waals surface area (Å²) in [5, 5.41) is 5.30. The zero-order valence-corrected chi connectivity index (χ0v) is 19.4. The predicted molar refractivity (Wildman–Crippen MR) is 119 cm³/mol. The van der Waals surface area contributed by atoms with Gasteiger partial charge in [-0.1, -0.05) is 13.8 Å². The van der Waals surface area contributed by atoms with Gasteiger partial charge in [-0.2, -0.15) is 13.2 Å². The number of nitrogens with zero attached hydrogens (tertiary/aromatic N) is 1. The van der Waals surface area contributed by atoms with Gasteiger partial charge in [0.25, 0.3) is 5.91 Å². The van der Waals surface area contributed by atoms with Crippen LogP contribution >= 0.6 is 11.9 Å². The van der Waals surface area contributed by atoms with Crippen molar-refractivity contribution in [2.75, 3.05) is 5.32 Å². The highest BCUT2D eigenvalue weighted by atomic mass is 32.2. The number of nitrogens with one attached hydrogen (secondary N) is 3. The summed E-state index contributed by atoms with van der Waals surface area (Å²) in [6.07, 6.45) is -3.15. The Morgan fingerprint density at radius 2 is 1.70 bits per heavy atom. The molecule has 1 atom stereocenters. The molecule has 1 aromatic heterocycles. The third-order valence-corrected chi connectivity index (χ3v) is 5.66. The van der Waals surface area contributed by atoms with E-state index in [0.29, 0.717) is 17.0 Å². The minimum atomic E-state index is -4.41. The molecule has 2 aromatic rings. The largest absolute Gasteiger partial charge is 0.406 e. The molecule has 0 spiro atoms. The molecule has 0 radical (unpaired) electrons. The summed E-state index contributed by atoms with van der Waals surface area (Å²) >= 11 is 0.830. The second-order valence-corrected chi connectivity index (χ2v) is 9.24. The molecule has 1 aromatic carbocycles. The maximum atomic E-state index is 13.0. The smallest absolute Gasteiger partial charge is 0.339 e. The van der Waals surface area contributed by atoms with E-state index in [4.69, 9.17) is 0 Å². The van der Waals surface area contributed by atoms with Crippen molar-refractivity contribution in [2.24, 2.45) is 5.92 Å². The number of rotatable bonds is 9. The number of benzene rings is 1. The van der Waals surface area contributed by atoms with Gasteiger partial charge >= 0.3 is 6.18 Å². The summed E-state index contributed by atoms with van der Waals surface area (Å²) in [4.78, 5) is 29.4. The molecule has 2 rings (SSSR count). The van der Waals surface area contributed by atoms with Gasteiger partial charge < -0.3 is 10.6 Å². The van der Waals surface area contributed by atoms with E-state index in [9.17, 15) is 27.2 Å². The molecule has 0 aliphatic rings. The van der Waals surface area contributed by atoms with Crippen molar-refractivity contribution in [3.8, 4) is 0 Å². The zero-order chi connectivity index (χ0) is 24.8. The van der Waals surface area contributed by atoms with Crippen LogP contribution in [-0.4, -0.2) is 34.6 Å². The second kappa shape index (κ2) is 11.0. The van der Waals surface area contributed by atoms with Gasteiger partial charge in [0.2, 0.25) is 5.91 Å². The molecule has 1 heterocycles. The van der Waals surface area contributed by atoms with Gasteiger partial charge in [0.1, 0.15) is 23.1 Å². The lowest BCUT2D eigenvalue weighted by atomic mass is 10.0. The Bertz CT molecular complexity index is 948. The van der Waals surface area contributed by atoms with Crippen LogP contribution in [0.5, 0.6) is 0 Å². The lowest BCUT2D eigenvalue weighted by Gasteiger charge is -2.28. The number of anilines is 1. The van der Waals surface area contributed by atoms with Crippen LogP contribution in [-0.2, 0) is 4.79 Å². The third-order valence-electron chi connectivity index (χ3n) is 4.54. The van der Waals surface area contributed by atoms with E-state index in [2.05, 4.69) is 20.3 Å². The lowest BCUT2D eigenvalue weighted by Crippen LogP contribution is -2.48. The van der Waals surface area contributed by atoms with Crippen LogP contribution in [0.1, 0.15) is 44.6 Å². The van der Waals surface area contributed by atoms with Gasteiger partial charge in [-0.25, -0.2) is 14.1 Å². The van der Waals surface area contributed by atoms with E-state index in [-0.39, 0.29) is 11.6 Å². The van der Waals surface area contributed by atoms with Crippen LogP contribution in [0, 0.1) is 11.7 Å². The number of amides is 2. The van der Waals surface area contributed by atoms with Crippen LogP contribution in [0.2, 0.25) is 0 Å². The SMILES string of the molecule is CC(C)CC(NC(=O)c1ccc(F)cn1)C(=O)Nc1ccc(SNC(C)(C)C(F)(F)F)cc1. The monoisotopic (exact) mass is 486 g/mol. The van der Waals surface area contributed by atoms with E-state index >= 15 is 0 Å². The average Bonchev–Trinajstić information content (AvgIpc) is 2.72. The topological polar surface area (TPSA) is 83.1 Å². The van der Waals surface area contributed by atoms with E-state index in [1.54, 1.807) is 24.3 Å². The molecule has 3 N–H and O–H groups in total. The van der Waals surface area contributed by atoms with Gasteiger partial charge in [-0.05, 0) is 74.5 Å². The van der Waals surface area contributed by atoms with Gasteiger partial charge in [0.15, 0.2) is 0 Å². The maximum absolute atomic E-state index is 13.0. The molecular formula is C22H26F4N4O2S. The number of aromatic nitrogens is 1. The molecule has 0 fully saturated rings. The Morgan fingerprint density at radius 1 is 1.06 bits per heavy atom. The molecule has 180 valence electrons. The summed E-state index contributed by atoms with van der Waals surface area (Å²) in [5.74, 6) is -1.57. The van der Waals surface area contributed by atoms with E-state index in [1.165, 1.54) is 6.07 Å². The van der Waals surface area contributed by atoms with Crippen molar-refractivity contribution in [1.82, 2.24) is 15.0 Å².